The zero-order valence-electron chi connectivity index (χ0n) is 12.6. The molecule has 24 heavy (non-hydrogen) atoms. The highest BCUT2D eigenvalue weighted by Gasteiger charge is 2.21. The Morgan fingerprint density at radius 2 is 1.92 bits per heavy atom. The maximum atomic E-state index is 13.5. The van der Waals surface area contributed by atoms with Crippen LogP contribution in [0, 0.1) is 15.9 Å². The van der Waals surface area contributed by atoms with E-state index in [1.807, 2.05) is 0 Å². The van der Waals surface area contributed by atoms with Crippen LogP contribution in [0.2, 0.25) is 0 Å². The third-order valence-corrected chi connectivity index (χ3v) is 3.08. The molecule has 0 saturated heterocycles. The van der Waals surface area contributed by atoms with Crippen LogP contribution in [0.25, 0.3) is 0 Å². The number of amides is 1. The minimum atomic E-state index is -1.21. The number of anilines is 1. The van der Waals surface area contributed by atoms with Crippen molar-refractivity contribution in [1.82, 2.24) is 0 Å². The zero-order chi connectivity index (χ0) is 17.7. The van der Waals surface area contributed by atoms with Crippen LogP contribution in [0.4, 0.5) is 15.8 Å². The monoisotopic (exact) mass is 332 g/mol. The Bertz CT molecular complexity index is 794. The standard InChI is InChI=1S/C16H13FN2O5/c1-10(15(20)18-14-8-3-2-7-13(14)17)24-16(21)11-5-4-6-12(9-11)19(22)23/h2-10H,1H3,(H,18,20). The summed E-state index contributed by atoms with van der Waals surface area (Å²) in [6, 6.07) is 10.5. The summed E-state index contributed by atoms with van der Waals surface area (Å²) < 4.78 is 18.4. The Morgan fingerprint density at radius 1 is 1.21 bits per heavy atom. The molecule has 0 radical (unpaired) electrons. The number of hydrogen-bond acceptors (Lipinski definition) is 5. The fourth-order valence-electron chi connectivity index (χ4n) is 1.83. The molecule has 2 aromatic carbocycles. The minimum Gasteiger partial charge on any atom is -0.449 e. The van der Waals surface area contributed by atoms with Gasteiger partial charge in [-0.15, -0.1) is 0 Å². The smallest absolute Gasteiger partial charge is 0.339 e. The Hall–Kier alpha value is -3.29. The van der Waals surface area contributed by atoms with E-state index < -0.39 is 28.7 Å². The number of non-ortho nitro benzene ring substituents is 1. The van der Waals surface area contributed by atoms with Crippen molar-refractivity contribution in [1.29, 1.82) is 0 Å². The third kappa shape index (κ3) is 4.13. The van der Waals surface area contributed by atoms with Gasteiger partial charge in [-0.2, -0.15) is 0 Å². The predicted molar refractivity (Wildman–Crippen MR) is 83.0 cm³/mol. The largest absolute Gasteiger partial charge is 0.449 e. The van der Waals surface area contributed by atoms with E-state index in [2.05, 4.69) is 5.32 Å². The lowest BCUT2D eigenvalue weighted by molar-refractivity contribution is -0.384. The summed E-state index contributed by atoms with van der Waals surface area (Å²) in [6.07, 6.45) is -1.21. The molecule has 1 amide bonds. The highest BCUT2D eigenvalue weighted by Crippen LogP contribution is 2.16. The van der Waals surface area contributed by atoms with Crippen LogP contribution in [0.1, 0.15) is 17.3 Å². The number of benzene rings is 2. The molecule has 7 nitrogen and oxygen atoms in total. The van der Waals surface area contributed by atoms with Crippen LogP contribution in [-0.4, -0.2) is 22.9 Å². The first-order valence-electron chi connectivity index (χ1n) is 6.89. The Kier molecular flexibility index (Phi) is 5.20. The molecule has 0 spiro atoms. The molecule has 1 atom stereocenters. The molecule has 0 aliphatic heterocycles. The predicted octanol–water partition coefficient (Wildman–Crippen LogP) is 2.92. The first kappa shape index (κ1) is 17.1. The van der Waals surface area contributed by atoms with E-state index in [1.54, 1.807) is 6.07 Å². The van der Waals surface area contributed by atoms with Crippen LogP contribution >= 0.6 is 0 Å². The number of nitro benzene ring substituents is 1. The quantitative estimate of drug-likeness (QED) is 0.515. The second-order valence-electron chi connectivity index (χ2n) is 4.82. The number of nitrogens with one attached hydrogen (secondary N) is 1. The van der Waals surface area contributed by atoms with Crippen LogP contribution in [0.3, 0.4) is 0 Å². The molecule has 0 saturated carbocycles. The summed E-state index contributed by atoms with van der Waals surface area (Å²) in [5.41, 5.74) is -0.372. The molecule has 0 aliphatic rings. The highest BCUT2D eigenvalue weighted by atomic mass is 19.1. The SMILES string of the molecule is CC(OC(=O)c1cccc([N+](=O)[O-])c1)C(=O)Nc1ccccc1F. The number of carbonyl (C=O) groups excluding carboxylic acids is 2. The van der Waals surface area contributed by atoms with Crippen LogP contribution in [-0.2, 0) is 9.53 Å². The van der Waals surface area contributed by atoms with Crippen molar-refractivity contribution < 1.29 is 23.6 Å². The third-order valence-electron chi connectivity index (χ3n) is 3.08. The molecule has 2 rings (SSSR count). The molecular formula is C16H13FN2O5. The van der Waals surface area contributed by atoms with Gasteiger partial charge >= 0.3 is 5.97 Å². The Labute approximate surface area is 136 Å². The Morgan fingerprint density at radius 3 is 2.58 bits per heavy atom. The summed E-state index contributed by atoms with van der Waals surface area (Å²) in [5.74, 6) is -2.24. The van der Waals surface area contributed by atoms with Gasteiger partial charge in [0.2, 0.25) is 0 Å². The average Bonchev–Trinajstić information content (AvgIpc) is 2.56. The van der Waals surface area contributed by atoms with Crippen molar-refractivity contribution in [2.45, 2.75) is 13.0 Å². The summed E-state index contributed by atoms with van der Waals surface area (Å²) in [4.78, 5) is 33.9. The van der Waals surface area contributed by atoms with E-state index in [9.17, 15) is 24.1 Å². The van der Waals surface area contributed by atoms with Gasteiger partial charge in [0, 0.05) is 12.1 Å². The fourth-order valence-corrected chi connectivity index (χ4v) is 1.83. The van der Waals surface area contributed by atoms with Crippen molar-refractivity contribution in [3.05, 3.63) is 70.0 Å². The molecule has 1 N–H and O–H groups in total. The lowest BCUT2D eigenvalue weighted by Gasteiger charge is -2.13. The number of hydrogen-bond donors (Lipinski definition) is 1. The minimum absolute atomic E-state index is 0.0410. The number of nitro groups is 1. The maximum absolute atomic E-state index is 13.5. The molecular weight excluding hydrogens is 319 g/mol. The lowest BCUT2D eigenvalue weighted by atomic mass is 10.2. The molecule has 0 aliphatic carbocycles. The summed E-state index contributed by atoms with van der Waals surface area (Å²) in [6.45, 7) is 1.31. The fraction of sp³-hybridized carbons (Fsp3) is 0.125. The molecule has 2 aromatic rings. The van der Waals surface area contributed by atoms with Crippen LogP contribution in [0.15, 0.2) is 48.5 Å². The van der Waals surface area contributed by atoms with Gasteiger partial charge in [0.05, 0.1) is 16.2 Å². The number of rotatable bonds is 5. The second kappa shape index (κ2) is 7.32. The summed E-state index contributed by atoms with van der Waals surface area (Å²) in [7, 11) is 0. The molecule has 1 unspecified atom stereocenters. The zero-order valence-corrected chi connectivity index (χ0v) is 12.6. The van der Waals surface area contributed by atoms with Crippen molar-refractivity contribution in [3.8, 4) is 0 Å². The first-order chi connectivity index (χ1) is 11.4. The van der Waals surface area contributed by atoms with E-state index in [4.69, 9.17) is 4.74 Å². The van der Waals surface area contributed by atoms with Gasteiger partial charge in [0.1, 0.15) is 5.82 Å². The summed E-state index contributed by atoms with van der Waals surface area (Å²) in [5, 5.41) is 13.0. The van der Waals surface area contributed by atoms with E-state index in [-0.39, 0.29) is 16.9 Å². The van der Waals surface area contributed by atoms with E-state index in [0.29, 0.717) is 0 Å². The topological polar surface area (TPSA) is 98.5 Å². The number of esters is 1. The molecule has 0 aromatic heterocycles. The van der Waals surface area contributed by atoms with Gasteiger partial charge in [-0.1, -0.05) is 18.2 Å². The van der Waals surface area contributed by atoms with Crippen molar-refractivity contribution >= 4 is 23.3 Å². The van der Waals surface area contributed by atoms with Gasteiger partial charge in [-0.3, -0.25) is 14.9 Å². The van der Waals surface area contributed by atoms with Gasteiger partial charge in [0.25, 0.3) is 11.6 Å². The second-order valence-corrected chi connectivity index (χ2v) is 4.82. The molecule has 0 fully saturated rings. The molecule has 8 heteroatoms. The van der Waals surface area contributed by atoms with E-state index >= 15 is 0 Å². The molecule has 0 bridgehead atoms. The van der Waals surface area contributed by atoms with Crippen molar-refractivity contribution in [2.24, 2.45) is 0 Å². The maximum Gasteiger partial charge on any atom is 0.339 e. The van der Waals surface area contributed by atoms with Gasteiger partial charge in [0.15, 0.2) is 6.10 Å². The summed E-state index contributed by atoms with van der Waals surface area (Å²) >= 11 is 0. The molecule has 0 heterocycles. The highest BCUT2D eigenvalue weighted by molar-refractivity contribution is 5.97. The van der Waals surface area contributed by atoms with Gasteiger partial charge in [-0.05, 0) is 25.1 Å². The van der Waals surface area contributed by atoms with E-state index in [0.717, 1.165) is 6.07 Å². The average molecular weight is 332 g/mol. The lowest BCUT2D eigenvalue weighted by Crippen LogP contribution is -2.30. The molecule has 124 valence electrons. The number of ether oxygens (including phenoxy) is 1. The number of nitrogens with zero attached hydrogens (tertiary/aromatic N) is 1. The Balaban J connectivity index is 2.03. The normalized spacial score (nSPS) is 11.4. The van der Waals surface area contributed by atoms with Crippen molar-refractivity contribution in [2.75, 3.05) is 5.32 Å². The number of para-hydroxylation sites is 1. The van der Waals surface area contributed by atoms with E-state index in [1.165, 1.54) is 43.3 Å². The number of carbonyl (C=O) groups is 2. The van der Waals surface area contributed by atoms with Gasteiger partial charge in [-0.25, -0.2) is 9.18 Å². The van der Waals surface area contributed by atoms with Crippen molar-refractivity contribution in [3.63, 3.8) is 0 Å². The number of halogens is 1. The van der Waals surface area contributed by atoms with Crippen LogP contribution in [0.5, 0.6) is 0 Å². The first-order valence-corrected chi connectivity index (χ1v) is 6.89. The van der Waals surface area contributed by atoms with Crippen LogP contribution < -0.4 is 5.32 Å². The van der Waals surface area contributed by atoms with Gasteiger partial charge < -0.3 is 10.1 Å².